The second kappa shape index (κ2) is 8.99. The number of hydrogen-bond donors (Lipinski definition) is 1. The molecule has 1 saturated carbocycles. The molecule has 202 valence electrons. The van der Waals surface area contributed by atoms with Crippen molar-refractivity contribution in [3.63, 3.8) is 0 Å². The minimum absolute atomic E-state index is 0.0442. The number of hydrogen-bond acceptors (Lipinski definition) is 6. The van der Waals surface area contributed by atoms with Gasteiger partial charge in [-0.1, -0.05) is 54.1 Å². The lowest BCUT2D eigenvalue weighted by Gasteiger charge is -2.49. The number of aromatic hydroxyl groups is 1. The van der Waals surface area contributed by atoms with E-state index in [1.807, 2.05) is 42.6 Å². The molecule has 0 radical (unpaired) electrons. The Labute approximate surface area is 235 Å². The monoisotopic (exact) mass is 552 g/mol. The Balaban J connectivity index is 1.35. The van der Waals surface area contributed by atoms with Gasteiger partial charge in [-0.3, -0.25) is 24.1 Å². The van der Waals surface area contributed by atoms with Gasteiger partial charge in [-0.2, -0.15) is 0 Å². The quantitative estimate of drug-likeness (QED) is 0.368. The van der Waals surface area contributed by atoms with Crippen molar-refractivity contribution in [3.8, 4) is 5.75 Å². The first-order valence-electron chi connectivity index (χ1n) is 13.6. The first-order valence-corrected chi connectivity index (χ1v) is 14.5. The van der Waals surface area contributed by atoms with Crippen molar-refractivity contribution in [1.82, 2.24) is 4.90 Å². The van der Waals surface area contributed by atoms with Gasteiger partial charge in [-0.25, -0.2) is 4.90 Å². The van der Waals surface area contributed by atoms with Crippen molar-refractivity contribution in [2.75, 3.05) is 4.90 Å². The molecule has 1 N–H and O–H groups in total. The Morgan fingerprint density at radius 2 is 1.65 bits per heavy atom. The van der Waals surface area contributed by atoms with E-state index >= 15 is 0 Å². The van der Waals surface area contributed by atoms with E-state index in [0.29, 0.717) is 24.1 Å². The molecule has 0 bridgehead atoms. The summed E-state index contributed by atoms with van der Waals surface area (Å²) in [7, 11) is 0. The lowest BCUT2D eigenvalue weighted by atomic mass is 9.51. The molecule has 2 aliphatic carbocycles. The molecule has 3 fully saturated rings. The third kappa shape index (κ3) is 3.35. The molecule has 6 unspecified atom stereocenters. The van der Waals surface area contributed by atoms with Gasteiger partial charge in [0.25, 0.3) is 0 Å². The molecule has 2 saturated heterocycles. The number of amides is 4. The van der Waals surface area contributed by atoms with Crippen molar-refractivity contribution in [3.05, 3.63) is 94.2 Å². The number of rotatable bonds is 4. The molecular formula is C32H28N2O5S. The fourth-order valence-electron chi connectivity index (χ4n) is 7.69. The highest BCUT2D eigenvalue weighted by molar-refractivity contribution is 7.09. The summed E-state index contributed by atoms with van der Waals surface area (Å²) in [5.74, 6) is -3.75. The van der Waals surface area contributed by atoms with E-state index < -0.39 is 35.0 Å². The predicted octanol–water partition coefficient (Wildman–Crippen LogP) is 4.88. The van der Waals surface area contributed by atoms with Crippen LogP contribution in [0.4, 0.5) is 5.69 Å². The van der Waals surface area contributed by atoms with Crippen LogP contribution in [-0.2, 0) is 25.7 Å². The number of carbonyl (C=O) groups excluding carboxylic acids is 4. The number of carbonyl (C=O) groups is 4. The van der Waals surface area contributed by atoms with E-state index in [4.69, 9.17) is 0 Å². The Kier molecular flexibility index (Phi) is 5.61. The number of phenolic OH excluding ortho intramolecular Hbond substituents is 1. The second-order valence-electron chi connectivity index (χ2n) is 11.4. The third-order valence-electron chi connectivity index (χ3n) is 9.52. The number of phenols is 1. The number of imide groups is 2. The summed E-state index contributed by atoms with van der Waals surface area (Å²) in [6.45, 7) is 2.07. The molecule has 4 amide bonds. The standard InChI is InChI=1S/C32H28N2O5S/c1-32-24(29(37)34(31(32)39)18-8-3-2-4-9-18)16-23-20(27(32)21-11-5-6-12-25(21)35)13-14-22-26(23)30(38)33(28(22)36)17-19-10-7-15-40-19/h2-13,15,22-24,26-27,35H,14,16-17H2,1H3. The van der Waals surface area contributed by atoms with Crippen LogP contribution in [0.5, 0.6) is 5.75 Å². The summed E-state index contributed by atoms with van der Waals surface area (Å²) in [5, 5.41) is 12.9. The van der Waals surface area contributed by atoms with Crippen LogP contribution in [0.3, 0.4) is 0 Å². The van der Waals surface area contributed by atoms with E-state index in [1.54, 1.807) is 42.5 Å². The SMILES string of the molecule is CC12C(=O)N(c3ccccc3)C(=O)C1CC1C(=CCC3C(=O)N(Cc4cccs4)C(=O)C31)C2c1ccccc1O. The van der Waals surface area contributed by atoms with Crippen molar-refractivity contribution >= 4 is 40.7 Å². The summed E-state index contributed by atoms with van der Waals surface area (Å²) in [4.78, 5) is 59.4. The number of para-hydroxylation sites is 2. The fourth-order valence-corrected chi connectivity index (χ4v) is 8.39. The second-order valence-corrected chi connectivity index (χ2v) is 12.4. The Morgan fingerprint density at radius 3 is 2.38 bits per heavy atom. The molecule has 6 atom stereocenters. The van der Waals surface area contributed by atoms with Gasteiger partial charge in [0.1, 0.15) is 5.75 Å². The molecule has 3 heterocycles. The molecule has 0 spiro atoms. The number of likely N-dealkylation sites (tertiary alicyclic amines) is 1. The summed E-state index contributed by atoms with van der Waals surface area (Å²) in [5.41, 5.74) is 0.779. The molecule has 40 heavy (non-hydrogen) atoms. The Morgan fingerprint density at radius 1 is 0.900 bits per heavy atom. The van der Waals surface area contributed by atoms with Gasteiger partial charge in [0.15, 0.2) is 0 Å². The number of fused-ring (bicyclic) bond motifs is 4. The zero-order valence-electron chi connectivity index (χ0n) is 21.9. The lowest BCUT2D eigenvalue weighted by molar-refractivity contribution is -0.141. The number of thiophene rings is 1. The summed E-state index contributed by atoms with van der Waals surface area (Å²) >= 11 is 1.51. The van der Waals surface area contributed by atoms with Crippen LogP contribution in [0, 0.1) is 29.1 Å². The zero-order valence-corrected chi connectivity index (χ0v) is 22.7. The average molecular weight is 553 g/mol. The van der Waals surface area contributed by atoms with Gasteiger partial charge in [0.2, 0.25) is 23.6 Å². The summed E-state index contributed by atoms with van der Waals surface area (Å²) in [6.07, 6.45) is 2.69. The van der Waals surface area contributed by atoms with Crippen molar-refractivity contribution in [2.45, 2.75) is 32.2 Å². The van der Waals surface area contributed by atoms with Crippen LogP contribution in [-0.4, -0.2) is 33.6 Å². The van der Waals surface area contributed by atoms with Crippen LogP contribution in [0.15, 0.2) is 83.8 Å². The van der Waals surface area contributed by atoms with Gasteiger partial charge >= 0.3 is 0 Å². The first kappa shape index (κ1) is 25.0. The highest BCUT2D eigenvalue weighted by Crippen LogP contribution is 2.64. The number of anilines is 1. The lowest BCUT2D eigenvalue weighted by Crippen LogP contribution is -2.48. The maximum Gasteiger partial charge on any atom is 0.241 e. The van der Waals surface area contributed by atoms with E-state index in [1.165, 1.54) is 21.1 Å². The molecule has 8 heteroatoms. The van der Waals surface area contributed by atoms with Gasteiger partial charge in [-0.15, -0.1) is 11.3 Å². The topological polar surface area (TPSA) is 95.0 Å². The molecule has 7 rings (SSSR count). The molecule has 7 nitrogen and oxygen atoms in total. The minimum Gasteiger partial charge on any atom is -0.508 e. The molecule has 2 aromatic carbocycles. The molecule has 2 aliphatic heterocycles. The molecule has 3 aromatic rings. The molecule has 1 aromatic heterocycles. The van der Waals surface area contributed by atoms with Crippen molar-refractivity contribution in [2.24, 2.45) is 29.1 Å². The van der Waals surface area contributed by atoms with E-state index in [-0.39, 0.29) is 35.9 Å². The number of nitrogens with zero attached hydrogens (tertiary/aromatic N) is 2. The number of allylic oxidation sites excluding steroid dienone is 2. The Hall–Kier alpha value is -4.04. The Bertz CT molecular complexity index is 1580. The van der Waals surface area contributed by atoms with Crippen molar-refractivity contribution < 1.29 is 24.3 Å². The van der Waals surface area contributed by atoms with E-state index in [2.05, 4.69) is 0 Å². The summed E-state index contributed by atoms with van der Waals surface area (Å²) in [6, 6.07) is 19.6. The number of benzene rings is 2. The zero-order chi connectivity index (χ0) is 27.8. The van der Waals surface area contributed by atoms with E-state index in [9.17, 15) is 24.3 Å². The summed E-state index contributed by atoms with van der Waals surface area (Å²) < 4.78 is 0. The largest absolute Gasteiger partial charge is 0.508 e. The van der Waals surface area contributed by atoms with Crippen LogP contribution >= 0.6 is 11.3 Å². The van der Waals surface area contributed by atoms with Gasteiger partial charge in [-0.05, 0) is 55.3 Å². The van der Waals surface area contributed by atoms with Gasteiger partial charge in [0.05, 0.1) is 35.4 Å². The van der Waals surface area contributed by atoms with Crippen LogP contribution in [0.25, 0.3) is 0 Å². The van der Waals surface area contributed by atoms with Crippen LogP contribution < -0.4 is 4.90 Å². The minimum atomic E-state index is -1.16. The molecular weight excluding hydrogens is 524 g/mol. The van der Waals surface area contributed by atoms with Gasteiger partial charge < -0.3 is 5.11 Å². The maximum atomic E-state index is 14.3. The van der Waals surface area contributed by atoms with Gasteiger partial charge in [0, 0.05) is 16.4 Å². The predicted molar refractivity (Wildman–Crippen MR) is 149 cm³/mol. The van der Waals surface area contributed by atoms with Crippen LogP contribution in [0.2, 0.25) is 0 Å². The fraction of sp³-hybridized carbons (Fsp3) is 0.312. The third-order valence-corrected chi connectivity index (χ3v) is 10.4. The smallest absolute Gasteiger partial charge is 0.241 e. The average Bonchev–Trinajstić information content (AvgIpc) is 3.61. The maximum absolute atomic E-state index is 14.3. The van der Waals surface area contributed by atoms with E-state index in [0.717, 1.165) is 10.5 Å². The highest BCUT2D eigenvalue weighted by atomic mass is 32.1. The first-order chi connectivity index (χ1) is 19.3. The van der Waals surface area contributed by atoms with Crippen LogP contribution in [0.1, 0.15) is 36.1 Å². The molecule has 4 aliphatic rings. The normalized spacial score (nSPS) is 31.2. The highest BCUT2D eigenvalue weighted by Gasteiger charge is 2.67. The van der Waals surface area contributed by atoms with Crippen molar-refractivity contribution in [1.29, 1.82) is 0 Å².